The first-order valence-electron chi connectivity index (χ1n) is 9.34. The lowest BCUT2D eigenvalue weighted by atomic mass is 10.1. The lowest BCUT2D eigenvalue weighted by molar-refractivity contribution is 0.781. The number of nitrogens with zero attached hydrogens (tertiary/aromatic N) is 1. The van der Waals surface area contributed by atoms with Crippen LogP contribution in [0.3, 0.4) is 0 Å². The maximum atomic E-state index is 4.38. The minimum absolute atomic E-state index is 0.485. The van der Waals surface area contributed by atoms with Crippen LogP contribution in [0.2, 0.25) is 0 Å². The van der Waals surface area contributed by atoms with Crippen molar-refractivity contribution in [2.45, 2.75) is 31.7 Å². The molecular formula is C22H26N4. The summed E-state index contributed by atoms with van der Waals surface area (Å²) in [5.74, 6) is 1.50. The molecule has 3 N–H and O–H groups in total. The first-order valence-corrected chi connectivity index (χ1v) is 9.34. The summed E-state index contributed by atoms with van der Waals surface area (Å²) in [4.78, 5) is 7.76. The molecule has 2 atom stereocenters. The number of fused-ring (bicyclic) bond motifs is 1. The summed E-state index contributed by atoms with van der Waals surface area (Å²) in [6.07, 6.45) is 4.27. The molecule has 0 spiro atoms. The smallest absolute Gasteiger partial charge is 0.191 e. The topological polar surface area (TPSA) is 52.2 Å². The van der Waals surface area contributed by atoms with Crippen molar-refractivity contribution in [3.8, 4) is 0 Å². The normalized spacial score (nSPS) is 19.5. The number of aryl methyl sites for hydroxylation is 1. The number of rotatable bonds is 5. The number of aliphatic imine (C=N–C) groups is 1. The first kappa shape index (κ1) is 16.7. The molecule has 0 bridgehead atoms. The van der Waals surface area contributed by atoms with Gasteiger partial charge in [0.15, 0.2) is 5.96 Å². The van der Waals surface area contributed by atoms with Crippen LogP contribution in [-0.2, 0) is 6.42 Å². The molecule has 134 valence electrons. The van der Waals surface area contributed by atoms with E-state index < -0.39 is 0 Å². The zero-order valence-corrected chi connectivity index (χ0v) is 15.4. The van der Waals surface area contributed by atoms with Crippen molar-refractivity contribution in [3.63, 3.8) is 0 Å². The highest BCUT2D eigenvalue weighted by molar-refractivity contribution is 5.86. The maximum absolute atomic E-state index is 4.38. The third kappa shape index (κ3) is 3.45. The minimum Gasteiger partial charge on any atom is -0.361 e. The van der Waals surface area contributed by atoms with Crippen molar-refractivity contribution in [2.75, 3.05) is 13.6 Å². The fourth-order valence-electron chi connectivity index (χ4n) is 3.76. The molecule has 2 aromatic carbocycles. The molecule has 0 radical (unpaired) electrons. The number of aromatic amines is 1. The fourth-order valence-corrected chi connectivity index (χ4v) is 3.76. The van der Waals surface area contributed by atoms with Crippen molar-refractivity contribution < 1.29 is 0 Å². The van der Waals surface area contributed by atoms with Crippen molar-refractivity contribution in [1.29, 1.82) is 0 Å². The maximum Gasteiger partial charge on any atom is 0.191 e. The van der Waals surface area contributed by atoms with Crippen molar-refractivity contribution >= 4 is 16.9 Å². The zero-order valence-electron chi connectivity index (χ0n) is 15.4. The van der Waals surface area contributed by atoms with Crippen LogP contribution in [0, 0.1) is 6.92 Å². The average molecular weight is 346 g/mol. The Bertz CT molecular complexity index is 910. The largest absolute Gasteiger partial charge is 0.361 e. The van der Waals surface area contributed by atoms with Crippen LogP contribution in [0.25, 0.3) is 10.9 Å². The third-order valence-electron chi connectivity index (χ3n) is 5.25. The lowest BCUT2D eigenvalue weighted by Crippen LogP contribution is -2.39. The monoisotopic (exact) mass is 346 g/mol. The van der Waals surface area contributed by atoms with Gasteiger partial charge in [0.2, 0.25) is 0 Å². The summed E-state index contributed by atoms with van der Waals surface area (Å²) in [5.41, 5.74) is 5.31. The van der Waals surface area contributed by atoms with Crippen LogP contribution in [0.1, 0.15) is 29.0 Å². The SMILES string of the molecule is CN=C(NCCc1c[nH]c2cccc(C)c12)NC1CC1c1ccccc1. The zero-order chi connectivity index (χ0) is 17.9. The summed E-state index contributed by atoms with van der Waals surface area (Å²) in [7, 11) is 1.84. The van der Waals surface area contributed by atoms with Gasteiger partial charge in [-0.3, -0.25) is 4.99 Å². The standard InChI is InChI=1S/C22H26N4/c1-15-7-6-10-19-21(15)17(14-25-19)11-12-24-22(23-2)26-20-13-18(20)16-8-4-3-5-9-16/h3-10,14,18,20,25H,11-13H2,1-2H3,(H2,23,24,26). The quantitative estimate of drug-likeness (QED) is 0.487. The Labute approximate surface area is 154 Å². The van der Waals surface area contributed by atoms with Gasteiger partial charge >= 0.3 is 0 Å². The van der Waals surface area contributed by atoms with E-state index in [4.69, 9.17) is 0 Å². The average Bonchev–Trinajstić information content (AvgIpc) is 3.32. The van der Waals surface area contributed by atoms with E-state index in [0.29, 0.717) is 12.0 Å². The molecule has 1 aliphatic rings. The molecule has 1 aliphatic carbocycles. The van der Waals surface area contributed by atoms with Crippen molar-refractivity contribution in [1.82, 2.24) is 15.6 Å². The molecule has 4 rings (SSSR count). The van der Waals surface area contributed by atoms with E-state index >= 15 is 0 Å². The van der Waals surface area contributed by atoms with Gasteiger partial charge in [0.05, 0.1) is 0 Å². The van der Waals surface area contributed by atoms with E-state index in [9.17, 15) is 0 Å². The number of benzene rings is 2. The van der Waals surface area contributed by atoms with Crippen LogP contribution in [-0.4, -0.2) is 30.6 Å². The molecule has 3 aromatic rings. The van der Waals surface area contributed by atoms with E-state index in [1.165, 1.54) is 34.0 Å². The fraction of sp³-hybridized carbons (Fsp3) is 0.318. The molecule has 0 aliphatic heterocycles. The summed E-state index contributed by atoms with van der Waals surface area (Å²) in [6, 6.07) is 17.6. The van der Waals surface area contributed by atoms with Crippen molar-refractivity contribution in [2.24, 2.45) is 4.99 Å². The van der Waals surface area contributed by atoms with E-state index in [0.717, 1.165) is 18.9 Å². The Morgan fingerprint density at radius 3 is 2.81 bits per heavy atom. The van der Waals surface area contributed by atoms with E-state index in [1.807, 2.05) is 7.05 Å². The highest BCUT2D eigenvalue weighted by Gasteiger charge is 2.38. The van der Waals surface area contributed by atoms with E-state index in [-0.39, 0.29) is 0 Å². The highest BCUT2D eigenvalue weighted by atomic mass is 15.2. The number of guanidine groups is 1. The predicted molar refractivity (Wildman–Crippen MR) is 109 cm³/mol. The van der Waals surface area contributed by atoms with Gasteiger partial charge in [0.25, 0.3) is 0 Å². The van der Waals surface area contributed by atoms with Gasteiger partial charge in [-0.2, -0.15) is 0 Å². The molecule has 4 nitrogen and oxygen atoms in total. The molecule has 1 aromatic heterocycles. The first-order chi connectivity index (χ1) is 12.8. The molecule has 1 heterocycles. The van der Waals surface area contributed by atoms with Gasteiger partial charge in [0, 0.05) is 42.7 Å². The Kier molecular flexibility index (Phi) is 4.65. The summed E-state index contributed by atoms with van der Waals surface area (Å²) >= 11 is 0. The van der Waals surface area contributed by atoms with Crippen LogP contribution < -0.4 is 10.6 Å². The molecule has 1 fully saturated rings. The molecule has 0 saturated heterocycles. The van der Waals surface area contributed by atoms with Crippen LogP contribution in [0.15, 0.2) is 59.7 Å². The Morgan fingerprint density at radius 2 is 2.00 bits per heavy atom. The highest BCUT2D eigenvalue weighted by Crippen LogP contribution is 2.40. The van der Waals surface area contributed by atoms with Gasteiger partial charge in [-0.1, -0.05) is 42.5 Å². The van der Waals surface area contributed by atoms with Gasteiger partial charge < -0.3 is 15.6 Å². The Hall–Kier alpha value is -2.75. The summed E-state index contributed by atoms with van der Waals surface area (Å²) in [6.45, 7) is 3.04. The number of hydrogen-bond donors (Lipinski definition) is 3. The molecule has 4 heteroatoms. The second-order valence-electron chi connectivity index (χ2n) is 7.06. The number of hydrogen-bond acceptors (Lipinski definition) is 1. The second-order valence-corrected chi connectivity index (χ2v) is 7.06. The Balaban J connectivity index is 1.31. The number of H-pyrrole nitrogens is 1. The van der Waals surface area contributed by atoms with E-state index in [1.54, 1.807) is 0 Å². The summed E-state index contributed by atoms with van der Waals surface area (Å²) < 4.78 is 0. The van der Waals surface area contributed by atoms with Gasteiger partial charge in [0.1, 0.15) is 0 Å². The molecule has 2 unspecified atom stereocenters. The molecular weight excluding hydrogens is 320 g/mol. The molecule has 26 heavy (non-hydrogen) atoms. The van der Waals surface area contributed by atoms with Crippen LogP contribution >= 0.6 is 0 Å². The van der Waals surface area contributed by atoms with Crippen LogP contribution in [0.5, 0.6) is 0 Å². The van der Waals surface area contributed by atoms with Crippen molar-refractivity contribution in [3.05, 3.63) is 71.4 Å². The van der Waals surface area contributed by atoms with E-state index in [2.05, 4.69) is 82.3 Å². The minimum atomic E-state index is 0.485. The van der Waals surface area contributed by atoms with Gasteiger partial charge in [-0.05, 0) is 42.5 Å². The lowest BCUT2D eigenvalue weighted by Gasteiger charge is -2.12. The van der Waals surface area contributed by atoms with Gasteiger partial charge in [-0.25, -0.2) is 0 Å². The predicted octanol–water partition coefficient (Wildman–Crippen LogP) is 3.74. The van der Waals surface area contributed by atoms with Gasteiger partial charge in [-0.15, -0.1) is 0 Å². The summed E-state index contributed by atoms with van der Waals surface area (Å²) in [5, 5.41) is 8.36. The number of nitrogens with one attached hydrogen (secondary N) is 3. The molecule has 1 saturated carbocycles. The Morgan fingerprint density at radius 1 is 1.15 bits per heavy atom. The van der Waals surface area contributed by atoms with Crippen LogP contribution in [0.4, 0.5) is 0 Å². The number of aromatic nitrogens is 1. The second kappa shape index (κ2) is 7.24. The third-order valence-corrected chi connectivity index (χ3v) is 5.25. The molecule has 0 amide bonds.